The van der Waals surface area contributed by atoms with E-state index < -0.39 is 10.0 Å². The van der Waals surface area contributed by atoms with E-state index in [2.05, 4.69) is 5.32 Å². The lowest BCUT2D eigenvalue weighted by Gasteiger charge is -2.31. The number of sulfonamides is 1. The molecule has 0 unspecified atom stereocenters. The highest BCUT2D eigenvalue weighted by atomic mass is 35.5. The second kappa shape index (κ2) is 9.47. The molecule has 0 spiro atoms. The van der Waals surface area contributed by atoms with Gasteiger partial charge in [-0.3, -0.25) is 4.79 Å². The van der Waals surface area contributed by atoms with Gasteiger partial charge in [0.15, 0.2) is 11.5 Å². The van der Waals surface area contributed by atoms with Crippen molar-refractivity contribution in [2.45, 2.75) is 30.7 Å². The molecule has 2 aliphatic heterocycles. The Morgan fingerprint density at radius 1 is 1.06 bits per heavy atom. The van der Waals surface area contributed by atoms with Gasteiger partial charge < -0.3 is 14.8 Å². The molecule has 0 saturated carbocycles. The predicted molar refractivity (Wildman–Crippen MR) is 122 cm³/mol. The van der Waals surface area contributed by atoms with Crippen molar-refractivity contribution in [2.75, 3.05) is 26.3 Å². The van der Waals surface area contributed by atoms with Crippen molar-refractivity contribution in [3.05, 3.63) is 52.0 Å². The van der Waals surface area contributed by atoms with E-state index in [1.54, 1.807) is 24.3 Å². The molecule has 2 aliphatic rings. The summed E-state index contributed by atoms with van der Waals surface area (Å²) in [5.41, 5.74) is 0.781. The highest BCUT2D eigenvalue weighted by Gasteiger charge is 2.33. The quantitative estimate of drug-likeness (QED) is 0.672. The van der Waals surface area contributed by atoms with Crippen LogP contribution in [0.1, 0.15) is 31.4 Å². The summed E-state index contributed by atoms with van der Waals surface area (Å²) in [5, 5.41) is 4.00. The Labute approximate surface area is 197 Å². The number of amides is 1. The van der Waals surface area contributed by atoms with Crippen molar-refractivity contribution in [3.63, 3.8) is 0 Å². The Kier molecular flexibility index (Phi) is 6.86. The van der Waals surface area contributed by atoms with Gasteiger partial charge in [0, 0.05) is 35.1 Å². The van der Waals surface area contributed by atoms with Crippen molar-refractivity contribution >= 4 is 39.1 Å². The standard InChI is InChI=1S/C22H24Cl2N2O5S/c1-14(18-4-2-16(23)12-19(18)24)25-22(27)15-6-8-26(9-7-15)32(28,29)17-3-5-20-21(13-17)31-11-10-30-20/h2-5,12-15H,6-11H2,1H3,(H,25,27)/t14-/m1/s1. The third kappa shape index (κ3) is 4.83. The molecule has 10 heteroatoms. The lowest BCUT2D eigenvalue weighted by atomic mass is 9.96. The third-order valence-electron chi connectivity index (χ3n) is 5.76. The number of benzene rings is 2. The monoisotopic (exact) mass is 498 g/mol. The molecule has 1 atom stereocenters. The van der Waals surface area contributed by atoms with Crippen LogP contribution in [0.2, 0.25) is 10.0 Å². The number of nitrogens with one attached hydrogen (secondary N) is 1. The van der Waals surface area contributed by atoms with Crippen LogP contribution in [0.3, 0.4) is 0 Å². The van der Waals surface area contributed by atoms with Crippen LogP contribution in [0.4, 0.5) is 0 Å². The molecule has 7 nitrogen and oxygen atoms in total. The first-order valence-corrected chi connectivity index (χ1v) is 12.6. The van der Waals surface area contributed by atoms with E-state index >= 15 is 0 Å². The maximum absolute atomic E-state index is 13.1. The molecule has 172 valence electrons. The summed E-state index contributed by atoms with van der Waals surface area (Å²) in [6, 6.07) is 9.52. The zero-order valence-electron chi connectivity index (χ0n) is 17.5. The van der Waals surface area contributed by atoms with E-state index in [1.807, 2.05) is 6.92 Å². The van der Waals surface area contributed by atoms with E-state index in [-0.39, 0.29) is 35.9 Å². The predicted octanol–water partition coefficient (Wildman–Crippen LogP) is 4.04. The number of hydrogen-bond donors (Lipinski definition) is 1. The minimum atomic E-state index is -3.68. The smallest absolute Gasteiger partial charge is 0.243 e. The zero-order chi connectivity index (χ0) is 22.9. The number of halogens is 2. The van der Waals surface area contributed by atoms with Gasteiger partial charge in [0.05, 0.1) is 10.9 Å². The van der Waals surface area contributed by atoms with Gasteiger partial charge in [-0.15, -0.1) is 0 Å². The Morgan fingerprint density at radius 2 is 1.75 bits per heavy atom. The van der Waals surface area contributed by atoms with Gasteiger partial charge in [-0.25, -0.2) is 8.42 Å². The summed E-state index contributed by atoms with van der Waals surface area (Å²) in [5.74, 6) is 0.595. The average Bonchev–Trinajstić information content (AvgIpc) is 2.78. The summed E-state index contributed by atoms with van der Waals surface area (Å²) < 4.78 is 38.5. The maximum Gasteiger partial charge on any atom is 0.243 e. The summed E-state index contributed by atoms with van der Waals surface area (Å²) in [6.07, 6.45) is 0.882. The minimum absolute atomic E-state index is 0.111. The van der Waals surface area contributed by atoms with Crippen molar-refractivity contribution in [1.82, 2.24) is 9.62 Å². The van der Waals surface area contributed by atoms with Crippen LogP contribution >= 0.6 is 23.2 Å². The number of piperidine rings is 1. The second-order valence-corrected chi connectivity index (χ2v) is 10.7. The number of ether oxygens (including phenoxy) is 2. The van der Waals surface area contributed by atoms with Gasteiger partial charge in [-0.1, -0.05) is 29.3 Å². The normalized spacial score (nSPS) is 18.2. The van der Waals surface area contributed by atoms with Gasteiger partial charge in [0.25, 0.3) is 0 Å². The number of hydrogen-bond acceptors (Lipinski definition) is 5. The average molecular weight is 499 g/mol. The van der Waals surface area contributed by atoms with Crippen molar-refractivity contribution in [3.8, 4) is 11.5 Å². The number of fused-ring (bicyclic) bond motifs is 1. The van der Waals surface area contributed by atoms with E-state index in [1.165, 1.54) is 16.4 Å². The summed E-state index contributed by atoms with van der Waals surface area (Å²) in [7, 11) is -3.68. The number of nitrogens with zero attached hydrogens (tertiary/aromatic N) is 1. The van der Waals surface area contributed by atoms with Crippen LogP contribution in [-0.2, 0) is 14.8 Å². The maximum atomic E-state index is 13.1. The topological polar surface area (TPSA) is 84.9 Å². The number of rotatable bonds is 5. The molecule has 0 aromatic heterocycles. The van der Waals surface area contributed by atoms with Crippen LogP contribution in [0.25, 0.3) is 0 Å². The molecule has 0 aliphatic carbocycles. The Balaban J connectivity index is 1.37. The van der Waals surface area contributed by atoms with E-state index in [0.29, 0.717) is 47.6 Å². The molecular formula is C22H24Cl2N2O5S. The van der Waals surface area contributed by atoms with Crippen LogP contribution in [-0.4, -0.2) is 44.9 Å². The van der Waals surface area contributed by atoms with Gasteiger partial charge in [-0.05, 0) is 49.6 Å². The van der Waals surface area contributed by atoms with Crippen LogP contribution in [0.15, 0.2) is 41.3 Å². The molecule has 32 heavy (non-hydrogen) atoms. The molecule has 1 fully saturated rings. The minimum Gasteiger partial charge on any atom is -0.486 e. The first-order valence-electron chi connectivity index (χ1n) is 10.4. The summed E-state index contributed by atoms with van der Waals surface area (Å²) >= 11 is 12.2. The molecular weight excluding hydrogens is 475 g/mol. The third-order valence-corrected chi connectivity index (χ3v) is 8.22. The Bertz CT molecular complexity index is 1120. The molecule has 0 bridgehead atoms. The molecule has 1 N–H and O–H groups in total. The molecule has 0 radical (unpaired) electrons. The van der Waals surface area contributed by atoms with Gasteiger partial charge >= 0.3 is 0 Å². The zero-order valence-corrected chi connectivity index (χ0v) is 19.8. The first kappa shape index (κ1) is 23.2. The van der Waals surface area contributed by atoms with Crippen molar-refractivity contribution < 1.29 is 22.7 Å². The first-order chi connectivity index (χ1) is 15.3. The van der Waals surface area contributed by atoms with Crippen LogP contribution in [0, 0.1) is 5.92 Å². The summed E-state index contributed by atoms with van der Waals surface area (Å²) in [4.78, 5) is 12.9. The molecule has 1 amide bonds. The van der Waals surface area contributed by atoms with Gasteiger partial charge in [-0.2, -0.15) is 4.31 Å². The van der Waals surface area contributed by atoms with Crippen LogP contribution < -0.4 is 14.8 Å². The van der Waals surface area contributed by atoms with E-state index in [4.69, 9.17) is 32.7 Å². The number of carbonyl (C=O) groups excluding carboxylic acids is 1. The molecule has 2 heterocycles. The lowest BCUT2D eigenvalue weighted by molar-refractivity contribution is -0.126. The second-order valence-electron chi connectivity index (χ2n) is 7.88. The number of carbonyl (C=O) groups is 1. The van der Waals surface area contributed by atoms with Crippen molar-refractivity contribution in [2.24, 2.45) is 5.92 Å². The fourth-order valence-corrected chi connectivity index (χ4v) is 6.01. The van der Waals surface area contributed by atoms with Gasteiger partial charge in [0.2, 0.25) is 15.9 Å². The fraction of sp³-hybridized carbons (Fsp3) is 0.409. The SMILES string of the molecule is C[C@@H](NC(=O)C1CCN(S(=O)(=O)c2ccc3c(c2)OCCO3)CC1)c1ccc(Cl)cc1Cl. The van der Waals surface area contributed by atoms with Gasteiger partial charge in [0.1, 0.15) is 13.2 Å². The Hall–Kier alpha value is -2.00. The highest BCUT2D eigenvalue weighted by molar-refractivity contribution is 7.89. The van der Waals surface area contributed by atoms with E-state index in [9.17, 15) is 13.2 Å². The van der Waals surface area contributed by atoms with E-state index in [0.717, 1.165) is 5.56 Å². The molecule has 1 saturated heterocycles. The molecule has 2 aromatic rings. The Morgan fingerprint density at radius 3 is 2.44 bits per heavy atom. The fourth-order valence-electron chi connectivity index (χ4n) is 3.95. The van der Waals surface area contributed by atoms with Crippen molar-refractivity contribution in [1.29, 1.82) is 0 Å². The highest BCUT2D eigenvalue weighted by Crippen LogP contribution is 2.34. The van der Waals surface area contributed by atoms with Crippen LogP contribution in [0.5, 0.6) is 11.5 Å². The molecule has 2 aromatic carbocycles. The summed E-state index contributed by atoms with van der Waals surface area (Å²) in [6.45, 7) is 3.22. The largest absolute Gasteiger partial charge is 0.486 e. The lowest BCUT2D eigenvalue weighted by Crippen LogP contribution is -2.43. The molecule has 4 rings (SSSR count).